The van der Waals surface area contributed by atoms with Gasteiger partial charge < -0.3 is 10.1 Å². The number of aromatic nitrogens is 2. The minimum Gasteiger partial charge on any atom is -0.365 e. The number of hydrogen-bond acceptors (Lipinski definition) is 3. The van der Waals surface area contributed by atoms with E-state index < -0.39 is 12.7 Å². The van der Waals surface area contributed by atoms with Crippen molar-refractivity contribution in [2.24, 2.45) is 5.92 Å². The van der Waals surface area contributed by atoms with Gasteiger partial charge in [-0.25, -0.2) is 4.68 Å². The summed E-state index contributed by atoms with van der Waals surface area (Å²) in [5, 5.41) is 6.22. The van der Waals surface area contributed by atoms with Crippen LogP contribution in [-0.4, -0.2) is 27.9 Å². The van der Waals surface area contributed by atoms with Crippen molar-refractivity contribution in [2.45, 2.75) is 45.9 Å². The number of anilines is 1. The van der Waals surface area contributed by atoms with Crippen LogP contribution in [0.5, 0.6) is 0 Å². The second-order valence-electron chi connectivity index (χ2n) is 4.92. The van der Waals surface area contributed by atoms with E-state index in [1.807, 2.05) is 13.8 Å². The molecular weight excluding hydrogens is 256 g/mol. The van der Waals surface area contributed by atoms with Gasteiger partial charge in [-0.2, -0.15) is 13.9 Å². The Morgan fingerprint density at radius 2 is 2.26 bits per heavy atom. The lowest BCUT2D eigenvalue weighted by Gasteiger charge is -2.10. The molecule has 1 aliphatic rings. The van der Waals surface area contributed by atoms with Gasteiger partial charge in [0.15, 0.2) is 0 Å². The van der Waals surface area contributed by atoms with Crippen molar-refractivity contribution >= 4 is 11.6 Å². The van der Waals surface area contributed by atoms with Crippen molar-refractivity contribution in [1.82, 2.24) is 9.78 Å². The number of amides is 1. The number of carbonyl (C=O) groups excluding carboxylic acids is 1. The third-order valence-electron chi connectivity index (χ3n) is 3.43. The predicted molar refractivity (Wildman–Crippen MR) is 65.0 cm³/mol. The summed E-state index contributed by atoms with van der Waals surface area (Å²) in [7, 11) is 0. The first-order valence-corrected chi connectivity index (χ1v) is 6.18. The summed E-state index contributed by atoms with van der Waals surface area (Å²) in [6.07, 6.45) is 1.26. The summed E-state index contributed by atoms with van der Waals surface area (Å²) in [5.74, 6) is -0.00579. The van der Waals surface area contributed by atoms with Crippen molar-refractivity contribution in [3.63, 3.8) is 0 Å². The van der Waals surface area contributed by atoms with E-state index in [0.717, 1.165) is 6.20 Å². The SMILES string of the molecule is Cc1nn(C(F)F)cc1NC(=O)[C@H]1C[C@H](C)[C@@H](C)O1. The van der Waals surface area contributed by atoms with E-state index in [0.29, 0.717) is 28.4 Å². The highest BCUT2D eigenvalue weighted by Crippen LogP contribution is 2.27. The third kappa shape index (κ3) is 2.91. The molecule has 1 fully saturated rings. The molecule has 3 atom stereocenters. The fourth-order valence-corrected chi connectivity index (χ4v) is 2.06. The van der Waals surface area contributed by atoms with E-state index >= 15 is 0 Å². The molecule has 0 bridgehead atoms. The quantitative estimate of drug-likeness (QED) is 0.919. The molecule has 0 unspecified atom stereocenters. The van der Waals surface area contributed by atoms with Gasteiger partial charge in [0.2, 0.25) is 0 Å². The zero-order valence-corrected chi connectivity index (χ0v) is 11.1. The lowest BCUT2D eigenvalue weighted by molar-refractivity contribution is -0.126. The van der Waals surface area contributed by atoms with Crippen molar-refractivity contribution < 1.29 is 18.3 Å². The fraction of sp³-hybridized carbons (Fsp3) is 0.667. The highest BCUT2D eigenvalue weighted by molar-refractivity contribution is 5.94. The van der Waals surface area contributed by atoms with Crippen LogP contribution in [0.1, 0.15) is 32.5 Å². The minimum atomic E-state index is -2.72. The number of hydrogen-bond donors (Lipinski definition) is 1. The highest BCUT2D eigenvalue weighted by atomic mass is 19.3. The van der Waals surface area contributed by atoms with E-state index in [1.165, 1.54) is 0 Å². The molecule has 7 heteroatoms. The molecule has 106 valence electrons. The van der Waals surface area contributed by atoms with E-state index in [2.05, 4.69) is 10.4 Å². The van der Waals surface area contributed by atoms with Gasteiger partial charge >= 0.3 is 6.55 Å². The molecule has 1 aromatic rings. The first-order chi connectivity index (χ1) is 8.88. The average Bonchev–Trinajstić information content (AvgIpc) is 2.85. The standard InChI is InChI=1S/C12H17F2N3O2/c1-6-4-10(19-8(6)3)11(18)15-9-5-17(12(13)14)16-7(9)2/h5-6,8,10,12H,4H2,1-3H3,(H,15,18)/t6-,8+,10+/m0/s1. The summed E-state index contributed by atoms with van der Waals surface area (Å²) in [6.45, 7) is 2.78. The van der Waals surface area contributed by atoms with E-state index in [4.69, 9.17) is 4.74 Å². The minimum absolute atomic E-state index is 0.0284. The Hall–Kier alpha value is -1.50. The summed E-state index contributed by atoms with van der Waals surface area (Å²) in [4.78, 5) is 12.0. The van der Waals surface area contributed by atoms with E-state index in [-0.39, 0.29) is 12.0 Å². The summed E-state index contributed by atoms with van der Waals surface area (Å²) in [6, 6.07) is 0. The summed E-state index contributed by atoms with van der Waals surface area (Å²) >= 11 is 0. The molecular formula is C12H17F2N3O2. The normalized spacial score (nSPS) is 26.9. The molecule has 1 aliphatic heterocycles. The van der Waals surface area contributed by atoms with Crippen LogP contribution in [0.25, 0.3) is 0 Å². The van der Waals surface area contributed by atoms with E-state index in [1.54, 1.807) is 6.92 Å². The summed E-state index contributed by atoms with van der Waals surface area (Å²) < 4.78 is 31.0. The third-order valence-corrected chi connectivity index (χ3v) is 3.43. The van der Waals surface area contributed by atoms with Gasteiger partial charge in [0.05, 0.1) is 23.7 Å². The van der Waals surface area contributed by atoms with Crippen molar-refractivity contribution in [1.29, 1.82) is 0 Å². The lowest BCUT2D eigenvalue weighted by atomic mass is 10.0. The molecule has 2 heterocycles. The highest BCUT2D eigenvalue weighted by Gasteiger charge is 2.34. The number of nitrogens with one attached hydrogen (secondary N) is 1. The molecule has 0 spiro atoms. The average molecular weight is 273 g/mol. The largest absolute Gasteiger partial charge is 0.365 e. The molecule has 1 amide bonds. The second-order valence-corrected chi connectivity index (χ2v) is 4.92. The zero-order chi connectivity index (χ0) is 14.2. The molecule has 1 saturated heterocycles. The van der Waals surface area contributed by atoms with Crippen LogP contribution in [0.15, 0.2) is 6.20 Å². The van der Waals surface area contributed by atoms with Crippen LogP contribution < -0.4 is 5.32 Å². The molecule has 1 aromatic heterocycles. The van der Waals surface area contributed by atoms with Crippen LogP contribution in [0.2, 0.25) is 0 Å². The van der Waals surface area contributed by atoms with Crippen molar-refractivity contribution in [3.8, 4) is 0 Å². The molecule has 0 saturated carbocycles. The lowest BCUT2D eigenvalue weighted by Crippen LogP contribution is -2.27. The Bertz CT molecular complexity index is 466. The van der Waals surface area contributed by atoms with Crippen molar-refractivity contribution in [2.75, 3.05) is 5.32 Å². The Morgan fingerprint density at radius 1 is 1.58 bits per heavy atom. The van der Waals surface area contributed by atoms with Crippen molar-refractivity contribution in [3.05, 3.63) is 11.9 Å². The van der Waals surface area contributed by atoms with Crippen LogP contribution >= 0.6 is 0 Å². The Morgan fingerprint density at radius 3 is 2.74 bits per heavy atom. The zero-order valence-electron chi connectivity index (χ0n) is 11.1. The maximum absolute atomic E-state index is 12.5. The molecule has 5 nitrogen and oxygen atoms in total. The maximum atomic E-state index is 12.5. The second kappa shape index (κ2) is 5.24. The first kappa shape index (κ1) is 13.9. The van der Waals surface area contributed by atoms with Crippen LogP contribution in [0.4, 0.5) is 14.5 Å². The number of ether oxygens (including phenoxy) is 1. The number of nitrogens with zero attached hydrogens (tertiary/aromatic N) is 2. The Kier molecular flexibility index (Phi) is 3.84. The van der Waals surface area contributed by atoms with E-state index in [9.17, 15) is 13.6 Å². The first-order valence-electron chi connectivity index (χ1n) is 6.18. The monoisotopic (exact) mass is 273 g/mol. The van der Waals surface area contributed by atoms with Crippen LogP contribution in [0, 0.1) is 12.8 Å². The molecule has 19 heavy (non-hydrogen) atoms. The van der Waals surface area contributed by atoms with Gasteiger partial charge in [-0.05, 0) is 26.2 Å². The number of carbonyl (C=O) groups is 1. The van der Waals surface area contributed by atoms with Crippen LogP contribution in [0.3, 0.4) is 0 Å². The Balaban J connectivity index is 2.03. The topological polar surface area (TPSA) is 56.2 Å². The number of halogens is 2. The van der Waals surface area contributed by atoms with Gasteiger partial charge in [-0.3, -0.25) is 4.79 Å². The van der Waals surface area contributed by atoms with Gasteiger partial charge in [-0.15, -0.1) is 0 Å². The Labute approximate surface area is 109 Å². The summed E-state index contributed by atoms with van der Waals surface area (Å²) in [5.41, 5.74) is 0.647. The number of alkyl halides is 2. The van der Waals surface area contributed by atoms with Gasteiger partial charge in [0.1, 0.15) is 6.10 Å². The van der Waals surface area contributed by atoms with Crippen LogP contribution in [-0.2, 0) is 9.53 Å². The number of aryl methyl sites for hydroxylation is 1. The number of rotatable bonds is 3. The molecule has 0 radical (unpaired) electrons. The van der Waals surface area contributed by atoms with Gasteiger partial charge in [0.25, 0.3) is 5.91 Å². The van der Waals surface area contributed by atoms with Gasteiger partial charge in [-0.1, -0.05) is 6.92 Å². The fourth-order valence-electron chi connectivity index (χ4n) is 2.06. The molecule has 1 N–H and O–H groups in total. The molecule has 0 aromatic carbocycles. The molecule has 2 rings (SSSR count). The van der Waals surface area contributed by atoms with Gasteiger partial charge in [0, 0.05) is 0 Å². The predicted octanol–water partition coefficient (Wildman–Crippen LogP) is 2.34. The maximum Gasteiger partial charge on any atom is 0.333 e. The smallest absolute Gasteiger partial charge is 0.333 e. The molecule has 0 aliphatic carbocycles.